The lowest BCUT2D eigenvalue weighted by atomic mass is 9.82. The summed E-state index contributed by atoms with van der Waals surface area (Å²) in [6, 6.07) is 16.8. The Balaban J connectivity index is 1.37. The van der Waals surface area contributed by atoms with Crippen molar-refractivity contribution in [2.24, 2.45) is 5.92 Å². The summed E-state index contributed by atoms with van der Waals surface area (Å²) in [5, 5.41) is 1.86. The van der Waals surface area contributed by atoms with E-state index in [1.807, 2.05) is 0 Å². The summed E-state index contributed by atoms with van der Waals surface area (Å²) in [7, 11) is 1.43. The number of aromatic nitrogens is 1. The maximum absolute atomic E-state index is 14.1. The molecule has 248 valence electrons. The molecule has 2 aliphatic rings. The number of nitrogens with zero attached hydrogens (tertiary/aromatic N) is 2. The first-order valence-electron chi connectivity index (χ1n) is 14.6. The van der Waals surface area contributed by atoms with Crippen molar-refractivity contribution in [2.75, 3.05) is 23.9 Å². The minimum absolute atomic E-state index is 0.206. The van der Waals surface area contributed by atoms with Crippen LogP contribution in [0.1, 0.15) is 39.2 Å². The SMILES string of the molecule is CCOC(=O)c1ccc(NC(=O)Cn2c3c(sc2=O)C(c2ccccc2OC)C2C(=O)N(c4cccc(C(F)(F)F)c4)C(=O)C2S3)cc1. The summed E-state index contributed by atoms with van der Waals surface area (Å²) in [4.78, 5) is 67.3. The van der Waals surface area contributed by atoms with Gasteiger partial charge in [-0.3, -0.25) is 23.7 Å². The van der Waals surface area contributed by atoms with Crippen LogP contribution in [-0.4, -0.2) is 47.2 Å². The molecule has 0 bridgehead atoms. The topological polar surface area (TPSA) is 124 Å². The molecule has 1 fully saturated rings. The van der Waals surface area contributed by atoms with Crippen LogP contribution in [0.3, 0.4) is 0 Å². The van der Waals surface area contributed by atoms with Crippen LogP contribution in [0.15, 0.2) is 82.6 Å². The Kier molecular flexibility index (Phi) is 8.92. The first-order chi connectivity index (χ1) is 22.9. The lowest BCUT2D eigenvalue weighted by Gasteiger charge is -2.31. The van der Waals surface area contributed by atoms with E-state index in [1.165, 1.54) is 42.0 Å². The van der Waals surface area contributed by atoms with Crippen LogP contribution in [0.25, 0.3) is 0 Å². The van der Waals surface area contributed by atoms with E-state index in [2.05, 4.69) is 5.32 Å². The number of rotatable bonds is 8. The first kappa shape index (κ1) is 33.0. The van der Waals surface area contributed by atoms with E-state index in [-0.39, 0.29) is 12.3 Å². The zero-order chi connectivity index (χ0) is 34.3. The quantitative estimate of drug-likeness (QED) is 0.188. The van der Waals surface area contributed by atoms with Gasteiger partial charge in [-0.25, -0.2) is 9.69 Å². The largest absolute Gasteiger partial charge is 0.496 e. The Bertz CT molecular complexity index is 1990. The maximum Gasteiger partial charge on any atom is 0.416 e. The normalized spacial score (nSPS) is 18.7. The van der Waals surface area contributed by atoms with Gasteiger partial charge < -0.3 is 14.8 Å². The van der Waals surface area contributed by atoms with Gasteiger partial charge in [-0.2, -0.15) is 13.2 Å². The van der Waals surface area contributed by atoms with Crippen molar-refractivity contribution in [3.05, 3.63) is 104 Å². The Morgan fingerprint density at radius 3 is 2.38 bits per heavy atom. The number of carbonyl (C=O) groups excluding carboxylic acids is 4. The van der Waals surface area contributed by atoms with Gasteiger partial charge in [0.15, 0.2) is 0 Å². The maximum atomic E-state index is 14.1. The summed E-state index contributed by atoms with van der Waals surface area (Å²) < 4.78 is 52.5. The highest BCUT2D eigenvalue weighted by atomic mass is 32.2. The molecule has 1 saturated heterocycles. The average Bonchev–Trinajstić information content (AvgIpc) is 3.50. The molecule has 6 rings (SSSR count). The van der Waals surface area contributed by atoms with Gasteiger partial charge in [0.25, 0.3) is 0 Å². The number of hydrogen-bond acceptors (Lipinski definition) is 9. The highest BCUT2D eigenvalue weighted by Crippen LogP contribution is 2.55. The summed E-state index contributed by atoms with van der Waals surface area (Å²) in [6.07, 6.45) is -4.70. The fourth-order valence-electron chi connectivity index (χ4n) is 5.84. The highest BCUT2D eigenvalue weighted by Gasteiger charge is 2.57. The number of ether oxygens (including phenoxy) is 2. The second-order valence-corrected chi connectivity index (χ2v) is 12.9. The van der Waals surface area contributed by atoms with E-state index in [4.69, 9.17) is 9.47 Å². The lowest BCUT2D eigenvalue weighted by molar-refractivity contribution is -0.137. The molecule has 3 amide bonds. The number of halogens is 3. The first-order valence-corrected chi connectivity index (χ1v) is 16.3. The molecule has 3 unspecified atom stereocenters. The van der Waals surface area contributed by atoms with Gasteiger partial charge in [0, 0.05) is 22.0 Å². The van der Waals surface area contributed by atoms with Gasteiger partial charge in [-0.15, -0.1) is 0 Å². The number of anilines is 2. The average molecular weight is 698 g/mol. The van der Waals surface area contributed by atoms with E-state index in [0.717, 1.165) is 46.2 Å². The number of esters is 1. The summed E-state index contributed by atoms with van der Waals surface area (Å²) in [5.74, 6) is -4.12. The molecule has 0 spiro atoms. The zero-order valence-corrected chi connectivity index (χ0v) is 26.9. The van der Waals surface area contributed by atoms with Gasteiger partial charge >= 0.3 is 17.0 Å². The fraction of sp³-hybridized carbons (Fsp3) is 0.242. The predicted molar refractivity (Wildman–Crippen MR) is 172 cm³/mol. The number of hydrogen-bond donors (Lipinski definition) is 1. The number of fused-ring (bicyclic) bond motifs is 2. The van der Waals surface area contributed by atoms with Crippen molar-refractivity contribution in [2.45, 2.75) is 35.8 Å². The predicted octanol–water partition coefficient (Wildman–Crippen LogP) is 5.55. The minimum Gasteiger partial charge on any atom is -0.496 e. The van der Waals surface area contributed by atoms with Crippen molar-refractivity contribution < 1.29 is 41.8 Å². The van der Waals surface area contributed by atoms with Crippen LogP contribution in [-0.2, 0) is 31.8 Å². The molecule has 4 aromatic rings. The Morgan fingerprint density at radius 2 is 1.69 bits per heavy atom. The van der Waals surface area contributed by atoms with Crippen LogP contribution in [0, 0.1) is 5.92 Å². The number of methoxy groups -OCH3 is 1. The van der Waals surface area contributed by atoms with E-state index in [0.29, 0.717) is 32.5 Å². The van der Waals surface area contributed by atoms with E-state index < -0.39 is 63.9 Å². The molecule has 10 nitrogen and oxygen atoms in total. The van der Waals surface area contributed by atoms with E-state index >= 15 is 0 Å². The summed E-state index contributed by atoms with van der Waals surface area (Å²) >= 11 is 1.75. The number of imide groups is 1. The van der Waals surface area contributed by atoms with Gasteiger partial charge in [-0.1, -0.05) is 47.4 Å². The Labute approximate surface area is 279 Å². The number of thiazole rings is 1. The number of amides is 3. The fourth-order valence-corrected chi connectivity index (χ4v) is 8.60. The standard InChI is InChI=1S/C33H26F3N3O7S2/c1-3-46-31(43)17-11-13-19(14-12-17)37-23(40)16-38-30-27(48-32(38)44)24(21-9-4-5-10-22(21)45-2)25-26(47-30)29(42)39(28(25)41)20-8-6-7-18(15-20)33(34,35)36/h4-15,24-26H,3,16H2,1-2H3,(H,37,40). The summed E-state index contributed by atoms with van der Waals surface area (Å²) in [5.41, 5.74) is -0.0795. The second kappa shape index (κ2) is 13.0. The molecule has 0 aliphatic carbocycles. The molecule has 1 aromatic heterocycles. The molecular formula is C33H26F3N3O7S2. The Hall–Kier alpha value is -4.89. The van der Waals surface area contributed by atoms with Crippen molar-refractivity contribution >= 4 is 58.2 Å². The van der Waals surface area contributed by atoms with Crippen LogP contribution in [0.5, 0.6) is 5.75 Å². The molecule has 3 heterocycles. The lowest BCUT2D eigenvalue weighted by Crippen LogP contribution is -2.33. The number of benzene rings is 3. The van der Waals surface area contributed by atoms with Crippen molar-refractivity contribution in [1.29, 1.82) is 0 Å². The van der Waals surface area contributed by atoms with Gasteiger partial charge in [0.1, 0.15) is 17.5 Å². The van der Waals surface area contributed by atoms with Crippen LogP contribution < -0.4 is 19.8 Å². The van der Waals surface area contributed by atoms with Crippen molar-refractivity contribution in [3.8, 4) is 5.75 Å². The molecule has 15 heteroatoms. The molecule has 0 radical (unpaired) electrons. The van der Waals surface area contributed by atoms with Gasteiger partial charge in [-0.05, 0) is 55.5 Å². The third-order valence-electron chi connectivity index (χ3n) is 7.94. The second-order valence-electron chi connectivity index (χ2n) is 10.8. The molecule has 1 N–H and O–H groups in total. The monoisotopic (exact) mass is 697 g/mol. The van der Waals surface area contributed by atoms with E-state index in [1.54, 1.807) is 31.2 Å². The third-order valence-corrected chi connectivity index (χ3v) is 10.5. The number of alkyl halides is 3. The van der Waals surface area contributed by atoms with Crippen LogP contribution >= 0.6 is 23.1 Å². The van der Waals surface area contributed by atoms with Crippen LogP contribution in [0.4, 0.5) is 24.5 Å². The van der Waals surface area contributed by atoms with Crippen LogP contribution in [0.2, 0.25) is 0 Å². The molecule has 3 atom stereocenters. The minimum atomic E-state index is -4.70. The van der Waals surface area contributed by atoms with E-state index in [9.17, 15) is 37.1 Å². The highest BCUT2D eigenvalue weighted by molar-refractivity contribution is 8.00. The number of para-hydroxylation sites is 1. The molecular weight excluding hydrogens is 672 g/mol. The molecule has 2 aliphatic heterocycles. The molecule has 3 aromatic carbocycles. The van der Waals surface area contributed by atoms with Crippen molar-refractivity contribution in [1.82, 2.24) is 4.57 Å². The third kappa shape index (κ3) is 5.99. The zero-order valence-electron chi connectivity index (χ0n) is 25.3. The number of thioether (sulfide) groups is 1. The molecule has 48 heavy (non-hydrogen) atoms. The van der Waals surface area contributed by atoms with Crippen molar-refractivity contribution in [3.63, 3.8) is 0 Å². The Morgan fingerprint density at radius 1 is 0.958 bits per heavy atom. The molecule has 0 saturated carbocycles. The number of carbonyl (C=O) groups is 4. The summed E-state index contributed by atoms with van der Waals surface area (Å²) in [6.45, 7) is 1.45. The number of nitrogens with one attached hydrogen (secondary N) is 1. The smallest absolute Gasteiger partial charge is 0.416 e. The van der Waals surface area contributed by atoms with Gasteiger partial charge in [0.2, 0.25) is 17.7 Å². The van der Waals surface area contributed by atoms with Gasteiger partial charge in [0.05, 0.1) is 41.5 Å².